The van der Waals surface area contributed by atoms with Gasteiger partial charge in [-0.1, -0.05) is 30.3 Å². The van der Waals surface area contributed by atoms with Crippen LogP contribution in [0.5, 0.6) is 17.2 Å². The van der Waals surface area contributed by atoms with Gasteiger partial charge >= 0.3 is 0 Å². The Morgan fingerprint density at radius 2 is 1.58 bits per heavy atom. The first-order valence-corrected chi connectivity index (χ1v) is 10.7. The van der Waals surface area contributed by atoms with Crippen molar-refractivity contribution in [2.24, 2.45) is 0 Å². The van der Waals surface area contributed by atoms with Gasteiger partial charge < -0.3 is 19.7 Å². The zero-order valence-electron chi connectivity index (χ0n) is 17.8. The molecule has 0 saturated carbocycles. The lowest BCUT2D eigenvalue weighted by molar-refractivity contribution is 0.0950. The van der Waals surface area contributed by atoms with Crippen LogP contribution in [0.3, 0.4) is 0 Å². The molecule has 1 aliphatic rings. The molecule has 160 valence electrons. The van der Waals surface area contributed by atoms with Gasteiger partial charge in [0, 0.05) is 25.2 Å². The van der Waals surface area contributed by atoms with E-state index in [0.29, 0.717) is 17.9 Å². The predicted molar refractivity (Wildman–Crippen MR) is 122 cm³/mol. The highest BCUT2D eigenvalue weighted by atomic mass is 16.5. The van der Waals surface area contributed by atoms with Crippen LogP contribution in [-0.4, -0.2) is 37.0 Å². The molecule has 4 rings (SSSR count). The topological polar surface area (TPSA) is 50.8 Å². The van der Waals surface area contributed by atoms with Gasteiger partial charge in [0.25, 0.3) is 5.91 Å². The summed E-state index contributed by atoms with van der Waals surface area (Å²) in [5.41, 5.74) is 1.61. The maximum Gasteiger partial charge on any atom is 0.251 e. The lowest BCUT2D eigenvalue weighted by Crippen LogP contribution is -2.35. The third kappa shape index (κ3) is 6.09. The first kappa shape index (κ1) is 20.9. The van der Waals surface area contributed by atoms with Crippen molar-refractivity contribution >= 4 is 5.91 Å². The van der Waals surface area contributed by atoms with Crippen molar-refractivity contribution in [1.82, 2.24) is 10.2 Å². The van der Waals surface area contributed by atoms with E-state index in [0.717, 1.165) is 43.0 Å². The van der Waals surface area contributed by atoms with Gasteiger partial charge in [-0.15, -0.1) is 0 Å². The largest absolute Gasteiger partial charge is 0.490 e. The van der Waals surface area contributed by atoms with Gasteiger partial charge in [0.15, 0.2) is 0 Å². The van der Waals surface area contributed by atoms with Crippen LogP contribution < -0.4 is 14.8 Å². The van der Waals surface area contributed by atoms with Crippen LogP contribution in [-0.2, 0) is 6.54 Å². The normalized spacial score (nSPS) is 14.7. The molecule has 0 radical (unpaired) electrons. The maximum atomic E-state index is 12.5. The minimum absolute atomic E-state index is 0.118. The molecule has 0 bridgehead atoms. The molecule has 1 amide bonds. The number of amides is 1. The number of hydrogen-bond donors (Lipinski definition) is 1. The fourth-order valence-corrected chi connectivity index (χ4v) is 3.61. The Bertz CT molecular complexity index is 981. The van der Waals surface area contributed by atoms with Crippen LogP contribution in [0.25, 0.3) is 0 Å². The summed E-state index contributed by atoms with van der Waals surface area (Å²) < 4.78 is 11.9. The zero-order chi connectivity index (χ0) is 21.5. The second-order valence-corrected chi connectivity index (χ2v) is 7.89. The zero-order valence-corrected chi connectivity index (χ0v) is 17.8. The Hall–Kier alpha value is -3.31. The van der Waals surface area contributed by atoms with E-state index >= 15 is 0 Å². The molecule has 3 aromatic rings. The molecule has 1 aliphatic heterocycles. The van der Waals surface area contributed by atoms with E-state index in [1.54, 1.807) is 24.3 Å². The van der Waals surface area contributed by atoms with Crippen LogP contribution >= 0.6 is 0 Å². The van der Waals surface area contributed by atoms with E-state index in [1.807, 2.05) is 54.6 Å². The molecular weight excluding hydrogens is 388 g/mol. The van der Waals surface area contributed by atoms with Gasteiger partial charge in [0.2, 0.25) is 0 Å². The Balaban J connectivity index is 1.29. The smallest absolute Gasteiger partial charge is 0.251 e. The molecule has 31 heavy (non-hydrogen) atoms. The number of para-hydroxylation sites is 1. The SMILES string of the molecule is CN1CCC(Oc2cccc(CNC(=O)c3ccc(Oc4ccccc4)cc3)c2)CC1. The molecule has 0 aliphatic carbocycles. The van der Waals surface area contributed by atoms with Crippen LogP contribution in [0.2, 0.25) is 0 Å². The highest BCUT2D eigenvalue weighted by Gasteiger charge is 2.18. The van der Waals surface area contributed by atoms with Crippen LogP contribution in [0, 0.1) is 0 Å². The van der Waals surface area contributed by atoms with E-state index in [9.17, 15) is 4.79 Å². The minimum atomic E-state index is -0.118. The second-order valence-electron chi connectivity index (χ2n) is 7.89. The highest BCUT2D eigenvalue weighted by molar-refractivity contribution is 5.94. The Morgan fingerprint density at radius 1 is 0.903 bits per heavy atom. The summed E-state index contributed by atoms with van der Waals surface area (Å²) in [5, 5.41) is 2.98. The van der Waals surface area contributed by atoms with Crippen LogP contribution in [0.15, 0.2) is 78.9 Å². The number of carbonyl (C=O) groups excluding carboxylic acids is 1. The van der Waals surface area contributed by atoms with Gasteiger partial charge in [-0.3, -0.25) is 4.79 Å². The number of piperidine rings is 1. The van der Waals surface area contributed by atoms with Gasteiger partial charge in [0.1, 0.15) is 23.4 Å². The molecule has 0 spiro atoms. The standard InChI is InChI=1S/C26H28N2O3/c1-28-16-14-24(15-17-28)31-25-9-5-6-20(18-25)19-27-26(29)21-10-12-23(13-11-21)30-22-7-3-2-4-8-22/h2-13,18,24H,14-17,19H2,1H3,(H,27,29). The summed E-state index contributed by atoms with van der Waals surface area (Å²) in [7, 11) is 2.14. The molecule has 1 fully saturated rings. The van der Waals surface area contributed by atoms with E-state index in [2.05, 4.69) is 17.3 Å². The van der Waals surface area contributed by atoms with Gasteiger partial charge in [-0.2, -0.15) is 0 Å². The summed E-state index contributed by atoms with van der Waals surface area (Å²) in [4.78, 5) is 14.9. The summed E-state index contributed by atoms with van der Waals surface area (Å²) in [6.07, 6.45) is 2.35. The summed E-state index contributed by atoms with van der Waals surface area (Å²) in [6, 6.07) is 24.7. The molecular formula is C26H28N2O3. The molecule has 1 N–H and O–H groups in total. The molecule has 3 aromatic carbocycles. The second kappa shape index (κ2) is 10.1. The number of nitrogens with zero attached hydrogens (tertiary/aromatic N) is 1. The monoisotopic (exact) mass is 416 g/mol. The van der Waals surface area contributed by atoms with Crippen molar-refractivity contribution in [2.75, 3.05) is 20.1 Å². The van der Waals surface area contributed by atoms with E-state index < -0.39 is 0 Å². The maximum absolute atomic E-state index is 12.5. The Kier molecular flexibility index (Phi) is 6.85. The van der Waals surface area contributed by atoms with E-state index in [4.69, 9.17) is 9.47 Å². The van der Waals surface area contributed by atoms with Gasteiger partial charge in [-0.05, 0) is 74.0 Å². The number of ether oxygens (including phenoxy) is 2. The molecule has 5 nitrogen and oxygen atoms in total. The average Bonchev–Trinajstić information content (AvgIpc) is 2.80. The first-order valence-electron chi connectivity index (χ1n) is 10.7. The average molecular weight is 417 g/mol. The number of likely N-dealkylation sites (tertiary alicyclic amines) is 1. The van der Waals surface area contributed by atoms with Crippen molar-refractivity contribution in [1.29, 1.82) is 0 Å². The lowest BCUT2D eigenvalue weighted by Gasteiger charge is -2.29. The van der Waals surface area contributed by atoms with E-state index in [-0.39, 0.29) is 12.0 Å². The number of rotatable bonds is 7. The van der Waals surface area contributed by atoms with Crippen molar-refractivity contribution in [2.45, 2.75) is 25.5 Å². The molecule has 0 unspecified atom stereocenters. The summed E-state index contributed by atoms with van der Waals surface area (Å²) >= 11 is 0. The quantitative estimate of drug-likeness (QED) is 0.596. The molecule has 1 saturated heterocycles. The van der Waals surface area contributed by atoms with Crippen LogP contribution in [0.1, 0.15) is 28.8 Å². The van der Waals surface area contributed by atoms with Crippen LogP contribution in [0.4, 0.5) is 0 Å². The third-order valence-corrected chi connectivity index (χ3v) is 5.42. The van der Waals surface area contributed by atoms with Crippen molar-refractivity contribution in [3.63, 3.8) is 0 Å². The highest BCUT2D eigenvalue weighted by Crippen LogP contribution is 2.22. The Labute approximate surface area is 183 Å². The fraction of sp³-hybridized carbons (Fsp3) is 0.269. The summed E-state index contributed by atoms with van der Waals surface area (Å²) in [5.74, 6) is 2.21. The summed E-state index contributed by atoms with van der Waals surface area (Å²) in [6.45, 7) is 2.58. The van der Waals surface area contributed by atoms with Crippen molar-refractivity contribution in [3.05, 3.63) is 90.0 Å². The van der Waals surface area contributed by atoms with Gasteiger partial charge in [0.05, 0.1) is 0 Å². The molecule has 0 atom stereocenters. The number of hydrogen-bond acceptors (Lipinski definition) is 4. The van der Waals surface area contributed by atoms with Crippen molar-refractivity contribution < 1.29 is 14.3 Å². The first-order chi connectivity index (χ1) is 15.2. The van der Waals surface area contributed by atoms with Crippen molar-refractivity contribution in [3.8, 4) is 17.2 Å². The van der Waals surface area contributed by atoms with Gasteiger partial charge in [-0.25, -0.2) is 0 Å². The minimum Gasteiger partial charge on any atom is -0.490 e. The lowest BCUT2D eigenvalue weighted by atomic mass is 10.1. The third-order valence-electron chi connectivity index (χ3n) is 5.42. The predicted octanol–water partition coefficient (Wildman–Crippen LogP) is 4.88. The van der Waals surface area contributed by atoms with E-state index in [1.165, 1.54) is 0 Å². The molecule has 5 heteroatoms. The number of benzene rings is 3. The molecule has 0 aromatic heterocycles. The fourth-order valence-electron chi connectivity index (χ4n) is 3.61. The number of carbonyl (C=O) groups is 1. The number of nitrogens with one attached hydrogen (secondary N) is 1. The Morgan fingerprint density at radius 3 is 2.32 bits per heavy atom. The molecule has 1 heterocycles.